The fraction of sp³-hybridized carbons (Fsp3) is 0.567. The molecule has 6 nitrogen and oxygen atoms in total. The zero-order valence-electron chi connectivity index (χ0n) is 21.6. The molecule has 6 heteroatoms. The fourth-order valence-electron chi connectivity index (χ4n) is 4.29. The standard InChI is InChI=1S/C30H42O6/c31-22-25-12-14-28-27(20-25)24-33-16-8-4-3-7-11-19-36-30-21-26(23-32)13-15-29(30)35-18-10-6-2-1-5-9-17-34-28/h12-15,20-22,32H,1-11,16-19,23-24H2. The normalized spacial score (nSPS) is 17.7. The Hall–Kier alpha value is -2.57. The molecule has 0 saturated heterocycles. The second kappa shape index (κ2) is 17.0. The van der Waals surface area contributed by atoms with Gasteiger partial charge >= 0.3 is 0 Å². The molecule has 0 radical (unpaired) electrons. The van der Waals surface area contributed by atoms with E-state index in [4.69, 9.17) is 18.9 Å². The van der Waals surface area contributed by atoms with Crippen LogP contribution in [0.25, 0.3) is 0 Å². The molecule has 1 heterocycles. The van der Waals surface area contributed by atoms with Crippen molar-refractivity contribution in [2.24, 2.45) is 0 Å². The highest BCUT2D eigenvalue weighted by Crippen LogP contribution is 2.29. The predicted molar refractivity (Wildman–Crippen MR) is 141 cm³/mol. The van der Waals surface area contributed by atoms with E-state index in [1.165, 1.54) is 12.8 Å². The molecule has 0 saturated carbocycles. The predicted octanol–water partition coefficient (Wildman–Crippen LogP) is 6.65. The summed E-state index contributed by atoms with van der Waals surface area (Å²) < 4.78 is 24.0. The summed E-state index contributed by atoms with van der Waals surface area (Å²) in [5.41, 5.74) is 2.42. The number of aliphatic hydroxyl groups is 1. The van der Waals surface area contributed by atoms with Gasteiger partial charge in [0.15, 0.2) is 11.5 Å². The molecule has 1 aliphatic heterocycles. The van der Waals surface area contributed by atoms with Crippen LogP contribution >= 0.6 is 0 Å². The van der Waals surface area contributed by atoms with Crippen molar-refractivity contribution < 1.29 is 28.8 Å². The molecule has 0 spiro atoms. The van der Waals surface area contributed by atoms with Crippen molar-refractivity contribution in [2.45, 2.75) is 83.8 Å². The average molecular weight is 499 g/mol. The van der Waals surface area contributed by atoms with E-state index in [0.29, 0.717) is 38.6 Å². The first-order chi connectivity index (χ1) is 17.8. The van der Waals surface area contributed by atoms with Crippen molar-refractivity contribution in [3.05, 3.63) is 53.1 Å². The van der Waals surface area contributed by atoms with Gasteiger partial charge in [0.25, 0.3) is 0 Å². The highest BCUT2D eigenvalue weighted by atomic mass is 16.5. The lowest BCUT2D eigenvalue weighted by molar-refractivity contribution is 0.111. The van der Waals surface area contributed by atoms with Crippen LogP contribution in [0.4, 0.5) is 0 Å². The topological polar surface area (TPSA) is 74.2 Å². The number of hydrogen-bond acceptors (Lipinski definition) is 6. The minimum Gasteiger partial charge on any atom is -0.493 e. The number of carbonyl (C=O) groups is 1. The summed E-state index contributed by atoms with van der Waals surface area (Å²) in [5, 5.41) is 9.48. The fourth-order valence-corrected chi connectivity index (χ4v) is 4.29. The van der Waals surface area contributed by atoms with Crippen molar-refractivity contribution in [3.8, 4) is 17.2 Å². The Morgan fingerprint density at radius 3 is 1.83 bits per heavy atom. The molecule has 36 heavy (non-hydrogen) atoms. The van der Waals surface area contributed by atoms with Gasteiger partial charge in [0.2, 0.25) is 0 Å². The van der Waals surface area contributed by atoms with Crippen molar-refractivity contribution in [1.29, 1.82) is 0 Å². The maximum atomic E-state index is 11.2. The maximum Gasteiger partial charge on any atom is 0.161 e. The van der Waals surface area contributed by atoms with Crippen molar-refractivity contribution in [3.63, 3.8) is 0 Å². The molecule has 1 N–H and O–H groups in total. The van der Waals surface area contributed by atoms with Crippen LogP contribution in [0.15, 0.2) is 36.4 Å². The average Bonchev–Trinajstić information content (AvgIpc) is 2.91. The van der Waals surface area contributed by atoms with Crippen LogP contribution in [0, 0.1) is 0 Å². The lowest BCUT2D eigenvalue weighted by atomic mass is 10.1. The van der Waals surface area contributed by atoms with E-state index in [0.717, 1.165) is 92.4 Å². The Bertz CT molecular complexity index is 897. The minimum atomic E-state index is -0.00636. The van der Waals surface area contributed by atoms with Gasteiger partial charge in [-0.2, -0.15) is 0 Å². The summed E-state index contributed by atoms with van der Waals surface area (Å²) >= 11 is 0. The number of hydrogen-bond donors (Lipinski definition) is 1. The molecule has 2 aromatic carbocycles. The van der Waals surface area contributed by atoms with Crippen LogP contribution in [-0.4, -0.2) is 37.8 Å². The summed E-state index contributed by atoms with van der Waals surface area (Å²) in [7, 11) is 0. The number of fused-ring (bicyclic) bond motifs is 2. The Balaban J connectivity index is 1.51. The second-order valence-corrected chi connectivity index (χ2v) is 9.41. The molecule has 2 aromatic rings. The second-order valence-electron chi connectivity index (χ2n) is 9.41. The van der Waals surface area contributed by atoms with Crippen molar-refractivity contribution >= 4 is 6.29 Å². The largest absolute Gasteiger partial charge is 0.493 e. The first-order valence-corrected chi connectivity index (χ1v) is 13.6. The number of benzene rings is 2. The van der Waals surface area contributed by atoms with Gasteiger partial charge in [0, 0.05) is 17.7 Å². The molecular weight excluding hydrogens is 456 g/mol. The van der Waals surface area contributed by atoms with Crippen LogP contribution in [-0.2, 0) is 18.0 Å². The summed E-state index contributed by atoms with van der Waals surface area (Å²) in [5.74, 6) is 2.30. The Morgan fingerprint density at radius 1 is 0.639 bits per heavy atom. The van der Waals surface area contributed by atoms with E-state index in [-0.39, 0.29) is 6.61 Å². The molecule has 0 bridgehead atoms. The molecule has 1 aliphatic rings. The first kappa shape index (κ1) is 28.0. The van der Waals surface area contributed by atoms with Gasteiger partial charge in [0.1, 0.15) is 12.0 Å². The molecule has 198 valence electrons. The van der Waals surface area contributed by atoms with Gasteiger partial charge < -0.3 is 24.1 Å². The molecule has 0 fully saturated rings. The summed E-state index contributed by atoms with van der Waals surface area (Å²) in [4.78, 5) is 11.2. The Labute approximate surface area is 215 Å². The lowest BCUT2D eigenvalue weighted by Gasteiger charge is -2.14. The van der Waals surface area contributed by atoms with Crippen LogP contribution < -0.4 is 14.2 Å². The number of rotatable bonds is 2. The van der Waals surface area contributed by atoms with Crippen molar-refractivity contribution in [1.82, 2.24) is 0 Å². The smallest absolute Gasteiger partial charge is 0.161 e. The lowest BCUT2D eigenvalue weighted by Crippen LogP contribution is -2.04. The maximum absolute atomic E-state index is 11.2. The van der Waals surface area contributed by atoms with Gasteiger partial charge in [-0.15, -0.1) is 0 Å². The molecule has 3 rings (SSSR count). The number of aliphatic hydroxyl groups excluding tert-OH is 1. The summed E-state index contributed by atoms with van der Waals surface area (Å²) in [6.45, 7) is 3.12. The molecule has 0 aliphatic carbocycles. The SMILES string of the molecule is O=Cc1ccc2c(c1)COCCCCCCCOc1cc(CO)ccc1OCCCCCCCCO2. The Morgan fingerprint density at radius 2 is 1.19 bits per heavy atom. The van der Waals surface area contributed by atoms with E-state index in [1.807, 2.05) is 30.3 Å². The number of ether oxygens (including phenoxy) is 4. The third kappa shape index (κ3) is 10.2. The van der Waals surface area contributed by atoms with Crippen LogP contribution in [0.3, 0.4) is 0 Å². The number of aldehydes is 1. The molecule has 0 amide bonds. The van der Waals surface area contributed by atoms with E-state index in [9.17, 15) is 9.90 Å². The monoisotopic (exact) mass is 498 g/mol. The zero-order valence-corrected chi connectivity index (χ0v) is 21.6. The molecule has 0 unspecified atom stereocenters. The van der Waals surface area contributed by atoms with Crippen LogP contribution in [0.5, 0.6) is 17.2 Å². The van der Waals surface area contributed by atoms with E-state index < -0.39 is 0 Å². The van der Waals surface area contributed by atoms with Gasteiger partial charge in [-0.25, -0.2) is 0 Å². The molecular formula is C30H42O6. The summed E-state index contributed by atoms with van der Waals surface area (Å²) in [6.07, 6.45) is 12.8. The van der Waals surface area contributed by atoms with Gasteiger partial charge in [-0.05, 0) is 61.6 Å². The molecule has 0 atom stereocenters. The highest BCUT2D eigenvalue weighted by molar-refractivity contribution is 5.75. The van der Waals surface area contributed by atoms with E-state index >= 15 is 0 Å². The quantitative estimate of drug-likeness (QED) is 0.467. The highest BCUT2D eigenvalue weighted by Gasteiger charge is 2.08. The Kier molecular flexibility index (Phi) is 13.2. The van der Waals surface area contributed by atoms with Crippen LogP contribution in [0.1, 0.15) is 92.1 Å². The first-order valence-electron chi connectivity index (χ1n) is 13.6. The van der Waals surface area contributed by atoms with Crippen LogP contribution in [0.2, 0.25) is 0 Å². The molecule has 0 aromatic heterocycles. The summed E-state index contributed by atoms with van der Waals surface area (Å²) in [6, 6.07) is 11.2. The third-order valence-corrected chi connectivity index (χ3v) is 6.41. The van der Waals surface area contributed by atoms with Crippen molar-refractivity contribution in [2.75, 3.05) is 26.4 Å². The van der Waals surface area contributed by atoms with E-state index in [1.54, 1.807) is 6.07 Å². The van der Waals surface area contributed by atoms with E-state index in [2.05, 4.69) is 0 Å². The third-order valence-electron chi connectivity index (χ3n) is 6.41. The van der Waals surface area contributed by atoms with Gasteiger partial charge in [0.05, 0.1) is 33.0 Å². The zero-order chi connectivity index (χ0) is 25.3. The number of carbonyl (C=O) groups excluding carboxylic acids is 1. The van der Waals surface area contributed by atoms with Gasteiger partial charge in [-0.1, -0.05) is 51.0 Å². The minimum absolute atomic E-state index is 0.00636. The van der Waals surface area contributed by atoms with Gasteiger partial charge in [-0.3, -0.25) is 4.79 Å².